The van der Waals surface area contributed by atoms with Gasteiger partial charge >= 0.3 is 0 Å². The molecule has 1 aliphatic rings. The first-order valence-electron chi connectivity index (χ1n) is 8.07. The highest BCUT2D eigenvalue weighted by Gasteiger charge is 2.31. The monoisotopic (exact) mass is 294 g/mol. The highest BCUT2D eigenvalue weighted by molar-refractivity contribution is 7.09. The van der Waals surface area contributed by atoms with E-state index < -0.39 is 0 Å². The van der Waals surface area contributed by atoms with Crippen LogP contribution in [-0.2, 0) is 11.8 Å². The number of nitrogens with zero attached hydrogens (tertiary/aromatic N) is 1. The Labute approximate surface area is 128 Å². The molecule has 1 aromatic rings. The SMILES string of the molecule is CCC(CC)(CNC1CC1)Cc1nc(C(C)(C)C)cs1. The van der Waals surface area contributed by atoms with Crippen LogP contribution in [0.4, 0.5) is 0 Å². The Morgan fingerprint density at radius 1 is 1.25 bits per heavy atom. The van der Waals surface area contributed by atoms with Gasteiger partial charge in [0, 0.05) is 29.8 Å². The molecule has 20 heavy (non-hydrogen) atoms. The van der Waals surface area contributed by atoms with E-state index in [9.17, 15) is 0 Å². The summed E-state index contributed by atoms with van der Waals surface area (Å²) in [5.41, 5.74) is 1.80. The fourth-order valence-corrected chi connectivity index (χ4v) is 3.71. The molecule has 0 bridgehead atoms. The molecule has 114 valence electrons. The maximum atomic E-state index is 4.90. The van der Waals surface area contributed by atoms with Gasteiger partial charge in [-0.05, 0) is 31.1 Å². The minimum absolute atomic E-state index is 0.169. The molecule has 0 saturated heterocycles. The van der Waals surface area contributed by atoms with E-state index in [1.165, 1.54) is 36.4 Å². The summed E-state index contributed by atoms with van der Waals surface area (Å²) in [6, 6.07) is 0.800. The summed E-state index contributed by atoms with van der Waals surface area (Å²) in [5, 5.41) is 7.30. The second kappa shape index (κ2) is 6.15. The quantitative estimate of drug-likeness (QED) is 0.798. The predicted molar refractivity (Wildman–Crippen MR) is 88.6 cm³/mol. The molecular weight excluding hydrogens is 264 g/mol. The van der Waals surface area contributed by atoms with Gasteiger partial charge in [0.2, 0.25) is 0 Å². The minimum atomic E-state index is 0.169. The van der Waals surface area contributed by atoms with Crippen molar-refractivity contribution >= 4 is 11.3 Å². The zero-order valence-corrected chi connectivity index (χ0v) is 14.6. The summed E-state index contributed by atoms with van der Waals surface area (Å²) >= 11 is 1.85. The zero-order valence-electron chi connectivity index (χ0n) is 13.8. The van der Waals surface area contributed by atoms with Crippen molar-refractivity contribution < 1.29 is 0 Å². The van der Waals surface area contributed by atoms with Gasteiger partial charge in [-0.3, -0.25) is 0 Å². The van der Waals surface area contributed by atoms with Crippen molar-refractivity contribution in [2.75, 3.05) is 6.54 Å². The Morgan fingerprint density at radius 2 is 1.90 bits per heavy atom. The molecule has 1 heterocycles. The molecule has 0 atom stereocenters. The first-order chi connectivity index (χ1) is 9.38. The largest absolute Gasteiger partial charge is 0.313 e. The van der Waals surface area contributed by atoms with Crippen molar-refractivity contribution in [2.24, 2.45) is 5.41 Å². The normalized spacial score (nSPS) is 16.6. The van der Waals surface area contributed by atoms with E-state index in [4.69, 9.17) is 4.98 Å². The number of rotatable bonds is 7. The number of hydrogen-bond donors (Lipinski definition) is 1. The fourth-order valence-electron chi connectivity index (χ4n) is 2.52. The number of thiazole rings is 1. The van der Waals surface area contributed by atoms with Gasteiger partial charge in [0.05, 0.1) is 10.7 Å². The van der Waals surface area contributed by atoms with Crippen molar-refractivity contribution in [3.05, 3.63) is 16.1 Å². The van der Waals surface area contributed by atoms with Crippen molar-refractivity contribution in [1.82, 2.24) is 10.3 Å². The lowest BCUT2D eigenvalue weighted by molar-refractivity contribution is 0.245. The highest BCUT2D eigenvalue weighted by atomic mass is 32.1. The van der Waals surface area contributed by atoms with Crippen LogP contribution in [0.25, 0.3) is 0 Å². The van der Waals surface area contributed by atoms with Crippen LogP contribution in [0.15, 0.2) is 5.38 Å². The molecule has 1 aromatic heterocycles. The maximum Gasteiger partial charge on any atom is 0.0934 e. The van der Waals surface area contributed by atoms with E-state index in [2.05, 4.69) is 45.3 Å². The molecule has 3 heteroatoms. The Bertz CT molecular complexity index is 422. The molecule has 1 saturated carbocycles. The van der Waals surface area contributed by atoms with Crippen LogP contribution in [-0.4, -0.2) is 17.6 Å². The molecule has 0 unspecified atom stereocenters. The highest BCUT2D eigenvalue weighted by Crippen LogP contribution is 2.34. The summed E-state index contributed by atoms with van der Waals surface area (Å²) in [4.78, 5) is 4.90. The average Bonchev–Trinajstić information content (AvgIpc) is 3.11. The summed E-state index contributed by atoms with van der Waals surface area (Å²) in [5.74, 6) is 0. The van der Waals surface area contributed by atoms with Crippen molar-refractivity contribution in [1.29, 1.82) is 0 Å². The predicted octanol–water partition coefficient (Wildman–Crippen LogP) is 4.54. The summed E-state index contributed by atoms with van der Waals surface area (Å²) in [6.45, 7) is 12.5. The summed E-state index contributed by atoms with van der Waals surface area (Å²) < 4.78 is 0. The Balaban J connectivity index is 2.04. The van der Waals surface area contributed by atoms with Crippen molar-refractivity contribution in [3.63, 3.8) is 0 Å². The second-order valence-electron chi connectivity index (χ2n) is 7.42. The Kier molecular flexibility index (Phi) is 4.91. The molecule has 0 radical (unpaired) electrons. The van der Waals surface area contributed by atoms with E-state index in [1.54, 1.807) is 0 Å². The topological polar surface area (TPSA) is 24.9 Å². The third-order valence-corrected chi connectivity index (χ3v) is 5.54. The van der Waals surface area contributed by atoms with Crippen LogP contribution in [0.1, 0.15) is 71.0 Å². The molecule has 0 aliphatic heterocycles. The van der Waals surface area contributed by atoms with Gasteiger partial charge < -0.3 is 5.32 Å². The van der Waals surface area contributed by atoms with E-state index in [1.807, 2.05) is 11.3 Å². The van der Waals surface area contributed by atoms with Crippen molar-refractivity contribution in [3.8, 4) is 0 Å². The van der Waals surface area contributed by atoms with E-state index >= 15 is 0 Å². The minimum Gasteiger partial charge on any atom is -0.313 e. The summed E-state index contributed by atoms with van der Waals surface area (Å²) in [7, 11) is 0. The van der Waals surface area contributed by atoms with Gasteiger partial charge in [0.25, 0.3) is 0 Å². The van der Waals surface area contributed by atoms with Crippen LogP contribution in [0.5, 0.6) is 0 Å². The number of aromatic nitrogens is 1. The van der Waals surface area contributed by atoms with E-state index in [0.29, 0.717) is 5.41 Å². The van der Waals surface area contributed by atoms with Crippen LogP contribution >= 0.6 is 11.3 Å². The summed E-state index contributed by atoms with van der Waals surface area (Å²) in [6.07, 6.45) is 6.33. The first kappa shape index (κ1) is 16.0. The molecule has 2 nitrogen and oxygen atoms in total. The number of nitrogens with one attached hydrogen (secondary N) is 1. The standard InChI is InChI=1S/C17H30N2S/c1-6-17(7-2,12-18-13-8-9-13)10-15-19-14(11-20-15)16(3,4)5/h11,13,18H,6-10,12H2,1-5H3. The molecule has 1 aliphatic carbocycles. The number of hydrogen-bond acceptors (Lipinski definition) is 3. The van der Waals surface area contributed by atoms with Gasteiger partial charge in [0.15, 0.2) is 0 Å². The maximum absolute atomic E-state index is 4.90. The Hall–Kier alpha value is -0.410. The molecule has 0 aromatic carbocycles. The van der Waals surface area contributed by atoms with Crippen LogP contribution in [0.2, 0.25) is 0 Å². The van der Waals surface area contributed by atoms with Gasteiger partial charge in [-0.25, -0.2) is 4.98 Å². The van der Waals surface area contributed by atoms with Gasteiger partial charge in [0.1, 0.15) is 0 Å². The van der Waals surface area contributed by atoms with Crippen LogP contribution in [0, 0.1) is 5.41 Å². The lowest BCUT2D eigenvalue weighted by Crippen LogP contribution is -2.36. The second-order valence-corrected chi connectivity index (χ2v) is 8.36. The van der Waals surface area contributed by atoms with Crippen molar-refractivity contribution in [2.45, 2.75) is 78.2 Å². The fraction of sp³-hybridized carbons (Fsp3) is 0.824. The lowest BCUT2D eigenvalue weighted by atomic mass is 9.79. The zero-order chi connectivity index (χ0) is 14.8. The molecule has 1 fully saturated rings. The molecule has 0 spiro atoms. The molecular formula is C17H30N2S. The molecule has 2 rings (SSSR count). The molecule has 0 amide bonds. The van der Waals surface area contributed by atoms with Gasteiger partial charge in [-0.1, -0.05) is 34.6 Å². The van der Waals surface area contributed by atoms with Crippen LogP contribution in [0.3, 0.4) is 0 Å². The third-order valence-electron chi connectivity index (χ3n) is 4.69. The van der Waals surface area contributed by atoms with Gasteiger partial charge in [-0.15, -0.1) is 11.3 Å². The van der Waals surface area contributed by atoms with Gasteiger partial charge in [-0.2, -0.15) is 0 Å². The lowest BCUT2D eigenvalue weighted by Gasteiger charge is -2.31. The molecule has 1 N–H and O–H groups in total. The first-order valence-corrected chi connectivity index (χ1v) is 8.95. The van der Waals surface area contributed by atoms with E-state index in [0.717, 1.165) is 19.0 Å². The Morgan fingerprint density at radius 3 is 2.35 bits per heavy atom. The third kappa shape index (κ3) is 4.05. The van der Waals surface area contributed by atoms with E-state index in [-0.39, 0.29) is 5.41 Å². The smallest absolute Gasteiger partial charge is 0.0934 e. The average molecular weight is 295 g/mol. The van der Waals surface area contributed by atoms with Crippen LogP contribution < -0.4 is 5.32 Å².